The fourth-order valence-electron chi connectivity index (χ4n) is 5.07. The number of alkyl halides is 6. The summed E-state index contributed by atoms with van der Waals surface area (Å²) in [6.07, 6.45) is -10.0. The van der Waals surface area contributed by atoms with Gasteiger partial charge < -0.3 is 25.4 Å². The average molecular weight is 638 g/mol. The molecule has 3 N–H and O–H groups in total. The maximum absolute atomic E-state index is 13.5. The Hall–Kier alpha value is -4.10. The van der Waals surface area contributed by atoms with Crippen LogP contribution in [0.2, 0.25) is 0 Å². The van der Waals surface area contributed by atoms with E-state index in [1.165, 1.54) is 6.07 Å². The van der Waals surface area contributed by atoms with Crippen molar-refractivity contribution in [1.82, 2.24) is 10.6 Å². The van der Waals surface area contributed by atoms with Crippen LogP contribution < -0.4 is 20.3 Å². The Morgan fingerprint density at radius 1 is 0.956 bits per heavy atom. The van der Waals surface area contributed by atoms with Crippen LogP contribution in [-0.2, 0) is 30.1 Å². The highest BCUT2D eigenvalue weighted by Crippen LogP contribution is 2.36. The number of aliphatic hydroxyl groups is 1. The van der Waals surface area contributed by atoms with Crippen LogP contribution in [-0.4, -0.2) is 48.8 Å². The van der Waals surface area contributed by atoms with E-state index in [0.29, 0.717) is 49.6 Å². The molecule has 1 fully saturated rings. The normalized spacial score (nSPS) is 15.2. The molecule has 4 rings (SSSR count). The van der Waals surface area contributed by atoms with E-state index in [1.807, 2.05) is 0 Å². The maximum atomic E-state index is 13.5. The summed E-state index contributed by atoms with van der Waals surface area (Å²) in [5.74, 6) is -0.278. The van der Waals surface area contributed by atoms with E-state index in [1.54, 1.807) is 54.3 Å². The lowest BCUT2D eigenvalue weighted by Crippen LogP contribution is -2.48. The lowest BCUT2D eigenvalue weighted by atomic mass is 10.00. The molecule has 1 aliphatic heterocycles. The molecule has 0 saturated carbocycles. The van der Waals surface area contributed by atoms with Gasteiger partial charge in [-0.3, -0.25) is 9.59 Å². The molecule has 2 atom stereocenters. The Labute approximate surface area is 256 Å². The minimum Gasteiger partial charge on any atom is -0.494 e. The van der Waals surface area contributed by atoms with Gasteiger partial charge in [0, 0.05) is 43.4 Å². The zero-order valence-corrected chi connectivity index (χ0v) is 24.3. The van der Waals surface area contributed by atoms with Crippen molar-refractivity contribution in [2.24, 2.45) is 0 Å². The number of anilines is 1. The maximum Gasteiger partial charge on any atom is 0.416 e. The number of hydrogen-bond donors (Lipinski definition) is 3. The van der Waals surface area contributed by atoms with E-state index in [-0.39, 0.29) is 36.1 Å². The van der Waals surface area contributed by atoms with Crippen LogP contribution in [0, 0.1) is 0 Å². The lowest BCUT2D eigenvalue weighted by Gasteiger charge is -2.25. The highest BCUT2D eigenvalue weighted by Gasteiger charge is 2.37. The minimum atomic E-state index is -4.98. The molecule has 0 aromatic heterocycles. The van der Waals surface area contributed by atoms with Gasteiger partial charge in [0.15, 0.2) is 0 Å². The van der Waals surface area contributed by atoms with Crippen LogP contribution in [0.15, 0.2) is 66.7 Å². The Morgan fingerprint density at radius 3 is 2.20 bits per heavy atom. The molecule has 0 unspecified atom stereocenters. The molecule has 3 aromatic rings. The SMILES string of the molecule is CCOc1cc(C(=O)N[C@@H](Cc2ccccc2)[C@@H](O)CNCc2cc(C(F)(F)F)cc(C(F)(F)F)c2)cc(N2CCCC2=O)c1. The number of aliphatic hydroxyl groups excluding tert-OH is 1. The topological polar surface area (TPSA) is 90.9 Å². The summed E-state index contributed by atoms with van der Waals surface area (Å²) in [5, 5.41) is 16.6. The third-order valence-electron chi connectivity index (χ3n) is 7.26. The van der Waals surface area contributed by atoms with Crippen molar-refractivity contribution < 1.29 is 45.8 Å². The molecular formula is C32H33F6N3O4. The predicted molar refractivity (Wildman–Crippen MR) is 155 cm³/mol. The minimum absolute atomic E-state index is 0.0510. The first kappa shape index (κ1) is 33.8. The van der Waals surface area contributed by atoms with Crippen molar-refractivity contribution in [2.75, 3.05) is 24.6 Å². The second kappa shape index (κ2) is 14.3. The van der Waals surface area contributed by atoms with E-state index in [9.17, 15) is 41.0 Å². The second-order valence-electron chi connectivity index (χ2n) is 10.7. The molecule has 1 saturated heterocycles. The summed E-state index contributed by atoms with van der Waals surface area (Å²) in [7, 11) is 0. The van der Waals surface area contributed by atoms with Crippen LogP contribution in [0.5, 0.6) is 5.75 Å². The highest BCUT2D eigenvalue weighted by atomic mass is 19.4. The Bertz CT molecular complexity index is 1450. The Morgan fingerprint density at radius 2 is 1.62 bits per heavy atom. The quantitative estimate of drug-likeness (QED) is 0.221. The lowest BCUT2D eigenvalue weighted by molar-refractivity contribution is -0.143. The molecular weight excluding hydrogens is 604 g/mol. The fraction of sp³-hybridized carbons (Fsp3) is 0.375. The van der Waals surface area contributed by atoms with E-state index >= 15 is 0 Å². The first-order valence-corrected chi connectivity index (χ1v) is 14.3. The van der Waals surface area contributed by atoms with Gasteiger partial charge in [-0.25, -0.2) is 0 Å². The van der Waals surface area contributed by atoms with Gasteiger partial charge in [-0.1, -0.05) is 30.3 Å². The standard InChI is InChI=1S/C32H33F6N3O4/c1-2-45-26-15-22(14-25(17-26)41-10-6-9-29(41)43)30(44)40-27(13-20-7-4-3-5-8-20)28(42)19-39-18-21-11-23(31(33,34)35)16-24(12-21)32(36,37)38/h3-5,7-8,11-12,14-17,27-28,39,42H,2,6,9-10,13,18-19H2,1H3,(H,40,44)/t27-,28-/m0/s1. The molecule has 45 heavy (non-hydrogen) atoms. The summed E-state index contributed by atoms with van der Waals surface area (Å²) in [5.41, 5.74) is -1.71. The van der Waals surface area contributed by atoms with Crippen molar-refractivity contribution in [3.63, 3.8) is 0 Å². The first-order valence-electron chi connectivity index (χ1n) is 14.3. The zero-order chi connectivity index (χ0) is 32.8. The number of rotatable bonds is 12. The smallest absolute Gasteiger partial charge is 0.416 e. The molecule has 2 amide bonds. The molecule has 3 aromatic carbocycles. The molecule has 0 aliphatic carbocycles. The number of ether oxygens (including phenoxy) is 1. The Kier molecular flexibility index (Phi) is 10.8. The van der Waals surface area contributed by atoms with Crippen LogP contribution in [0.4, 0.5) is 32.0 Å². The van der Waals surface area contributed by atoms with Gasteiger partial charge in [0.2, 0.25) is 5.91 Å². The number of nitrogens with one attached hydrogen (secondary N) is 2. The van der Waals surface area contributed by atoms with Gasteiger partial charge in [-0.15, -0.1) is 0 Å². The van der Waals surface area contributed by atoms with Crippen molar-refractivity contribution >= 4 is 17.5 Å². The number of nitrogens with zero attached hydrogens (tertiary/aromatic N) is 1. The third-order valence-corrected chi connectivity index (χ3v) is 7.26. The van der Waals surface area contributed by atoms with Crippen LogP contribution in [0.25, 0.3) is 0 Å². The van der Waals surface area contributed by atoms with Crippen LogP contribution >= 0.6 is 0 Å². The molecule has 1 aliphatic rings. The second-order valence-corrected chi connectivity index (χ2v) is 10.7. The molecule has 1 heterocycles. The van der Waals surface area contributed by atoms with Crippen molar-refractivity contribution in [2.45, 2.75) is 57.2 Å². The molecule has 0 spiro atoms. The summed E-state index contributed by atoms with van der Waals surface area (Å²) in [6, 6.07) is 14.0. The monoisotopic (exact) mass is 637 g/mol. The fourth-order valence-corrected chi connectivity index (χ4v) is 5.07. The first-order chi connectivity index (χ1) is 21.2. The van der Waals surface area contributed by atoms with Crippen molar-refractivity contribution in [3.05, 3.63) is 94.5 Å². The molecule has 0 radical (unpaired) electrons. The van der Waals surface area contributed by atoms with E-state index in [4.69, 9.17) is 4.74 Å². The largest absolute Gasteiger partial charge is 0.494 e. The third kappa shape index (κ3) is 9.21. The van der Waals surface area contributed by atoms with Crippen LogP contribution in [0.3, 0.4) is 0 Å². The highest BCUT2D eigenvalue weighted by molar-refractivity contribution is 5.99. The van der Waals surface area contributed by atoms with Gasteiger partial charge in [0.05, 0.1) is 29.9 Å². The summed E-state index contributed by atoms with van der Waals surface area (Å²) >= 11 is 0. The van der Waals surface area contributed by atoms with Crippen LogP contribution in [0.1, 0.15) is 52.4 Å². The van der Waals surface area contributed by atoms with E-state index in [2.05, 4.69) is 10.6 Å². The number of halogens is 6. The average Bonchev–Trinajstić information content (AvgIpc) is 3.42. The van der Waals surface area contributed by atoms with Gasteiger partial charge >= 0.3 is 12.4 Å². The van der Waals surface area contributed by atoms with Gasteiger partial charge in [0.1, 0.15) is 5.75 Å². The zero-order valence-electron chi connectivity index (χ0n) is 24.3. The van der Waals surface area contributed by atoms with Gasteiger partial charge in [-0.2, -0.15) is 26.3 Å². The molecule has 0 bridgehead atoms. The number of benzene rings is 3. The van der Waals surface area contributed by atoms with Gasteiger partial charge in [0.25, 0.3) is 5.91 Å². The molecule has 242 valence electrons. The van der Waals surface area contributed by atoms with E-state index < -0.39 is 48.1 Å². The van der Waals surface area contributed by atoms with Crippen molar-refractivity contribution in [1.29, 1.82) is 0 Å². The molecule has 13 heteroatoms. The number of carbonyl (C=O) groups excluding carboxylic acids is 2. The number of hydrogen-bond acceptors (Lipinski definition) is 5. The molecule has 7 nitrogen and oxygen atoms in total. The number of amides is 2. The van der Waals surface area contributed by atoms with Crippen molar-refractivity contribution in [3.8, 4) is 5.75 Å². The van der Waals surface area contributed by atoms with Gasteiger partial charge in [-0.05, 0) is 61.2 Å². The summed E-state index contributed by atoms with van der Waals surface area (Å²) in [6.45, 7) is 1.92. The Balaban J connectivity index is 1.53. The van der Waals surface area contributed by atoms with E-state index in [0.717, 1.165) is 5.56 Å². The predicted octanol–water partition coefficient (Wildman–Crippen LogP) is 5.74. The summed E-state index contributed by atoms with van der Waals surface area (Å²) < 4.78 is 85.2. The number of carbonyl (C=O) groups is 2. The summed E-state index contributed by atoms with van der Waals surface area (Å²) in [4.78, 5) is 27.4.